The first kappa shape index (κ1) is 15.3. The molecule has 0 amide bonds. The Balaban J connectivity index is 2.23. The summed E-state index contributed by atoms with van der Waals surface area (Å²) in [6, 6.07) is 4.53. The summed E-state index contributed by atoms with van der Waals surface area (Å²) in [5.74, 6) is -0.766. The van der Waals surface area contributed by atoms with Crippen LogP contribution < -0.4 is 10.5 Å². The molecule has 2 N–H and O–H groups in total. The molecule has 20 heavy (non-hydrogen) atoms. The number of hydrogen-bond donors (Lipinski definition) is 1. The summed E-state index contributed by atoms with van der Waals surface area (Å²) < 4.78 is 30.2. The fraction of sp³-hybridized carbons (Fsp3) is 0.571. The Morgan fingerprint density at radius 3 is 2.25 bits per heavy atom. The molecule has 0 saturated carbocycles. The van der Waals surface area contributed by atoms with Gasteiger partial charge in [0.15, 0.2) is 11.6 Å². The molecule has 0 aromatic heterocycles. The summed E-state index contributed by atoms with van der Waals surface area (Å²) in [7, 11) is 0.845. The molecule has 1 aromatic carbocycles. The highest BCUT2D eigenvalue weighted by Crippen LogP contribution is 2.39. The molecule has 0 bridgehead atoms. The Hall–Kier alpha value is -1.11. The number of halogens is 1. The summed E-state index contributed by atoms with van der Waals surface area (Å²) in [6.45, 7) is 7.85. The van der Waals surface area contributed by atoms with E-state index in [4.69, 9.17) is 19.8 Å². The Labute approximate surface area is 119 Å². The lowest BCUT2D eigenvalue weighted by Gasteiger charge is -2.32. The van der Waals surface area contributed by atoms with Gasteiger partial charge >= 0.3 is 7.12 Å². The van der Waals surface area contributed by atoms with Gasteiger partial charge in [0.1, 0.15) is 0 Å². The van der Waals surface area contributed by atoms with Crippen LogP contribution in [0.4, 0.5) is 4.39 Å². The average Bonchev–Trinajstić information content (AvgIpc) is 2.58. The van der Waals surface area contributed by atoms with Crippen molar-refractivity contribution in [2.24, 2.45) is 5.73 Å². The molecule has 4 nitrogen and oxygen atoms in total. The summed E-state index contributed by atoms with van der Waals surface area (Å²) in [5, 5.41) is 0. The van der Waals surface area contributed by atoms with Crippen molar-refractivity contribution < 1.29 is 18.4 Å². The van der Waals surface area contributed by atoms with Gasteiger partial charge in [0.2, 0.25) is 0 Å². The highest BCUT2D eigenvalue weighted by Gasteiger charge is 2.53. The van der Waals surface area contributed by atoms with E-state index in [0.717, 1.165) is 0 Å². The second-order valence-electron chi connectivity index (χ2n) is 6.04. The molecule has 1 aromatic rings. The second kappa shape index (κ2) is 5.02. The third kappa shape index (κ3) is 2.55. The third-order valence-corrected chi connectivity index (χ3v) is 4.12. The van der Waals surface area contributed by atoms with E-state index in [2.05, 4.69) is 0 Å². The highest BCUT2D eigenvalue weighted by atomic mass is 19.1. The van der Waals surface area contributed by atoms with Gasteiger partial charge in [0, 0.05) is 0 Å². The Bertz CT molecular complexity index is 491. The standard InChI is InChI=1S/C14H21BFNO3/c1-13(2)14(3,4)20-15(19-13)12(17)9-6-7-10(16)11(8-9)18-5/h6-8,12H,17H2,1-5H3. The minimum Gasteiger partial charge on any atom is -0.494 e. The van der Waals surface area contributed by atoms with Crippen LogP contribution in [0, 0.1) is 5.82 Å². The topological polar surface area (TPSA) is 53.7 Å². The van der Waals surface area contributed by atoms with Crippen molar-refractivity contribution in [1.82, 2.24) is 0 Å². The largest absolute Gasteiger partial charge is 0.494 e. The maximum absolute atomic E-state index is 13.4. The van der Waals surface area contributed by atoms with Crippen LogP contribution in [-0.4, -0.2) is 25.4 Å². The summed E-state index contributed by atoms with van der Waals surface area (Å²) in [6.07, 6.45) is 0. The first-order valence-corrected chi connectivity index (χ1v) is 6.62. The zero-order valence-corrected chi connectivity index (χ0v) is 12.6. The van der Waals surface area contributed by atoms with Crippen molar-refractivity contribution in [3.05, 3.63) is 29.6 Å². The number of ether oxygens (including phenoxy) is 1. The van der Waals surface area contributed by atoms with Gasteiger partial charge in [-0.1, -0.05) is 6.07 Å². The molecular formula is C14H21BFNO3. The smallest absolute Gasteiger partial charge is 0.480 e. The number of nitrogens with two attached hydrogens (primary N) is 1. The lowest BCUT2D eigenvalue weighted by molar-refractivity contribution is 0.00578. The molecular weight excluding hydrogens is 260 g/mol. The van der Waals surface area contributed by atoms with E-state index in [1.807, 2.05) is 27.7 Å². The van der Waals surface area contributed by atoms with Crippen LogP contribution >= 0.6 is 0 Å². The van der Waals surface area contributed by atoms with Crippen molar-refractivity contribution >= 4 is 7.12 Å². The summed E-state index contributed by atoms with van der Waals surface area (Å²) in [4.78, 5) is 0. The molecule has 1 aliphatic heterocycles. The fourth-order valence-corrected chi connectivity index (χ4v) is 2.08. The van der Waals surface area contributed by atoms with Crippen LogP contribution in [0.3, 0.4) is 0 Å². The number of benzene rings is 1. The van der Waals surface area contributed by atoms with Gasteiger partial charge < -0.3 is 19.8 Å². The van der Waals surface area contributed by atoms with Crippen LogP contribution in [-0.2, 0) is 9.31 Å². The first-order valence-electron chi connectivity index (χ1n) is 6.62. The van der Waals surface area contributed by atoms with Crippen LogP contribution in [0.1, 0.15) is 39.2 Å². The monoisotopic (exact) mass is 281 g/mol. The number of methoxy groups -OCH3 is 1. The van der Waals surface area contributed by atoms with Gasteiger partial charge in [0.05, 0.1) is 24.3 Å². The molecule has 1 unspecified atom stereocenters. The van der Waals surface area contributed by atoms with Crippen LogP contribution in [0.25, 0.3) is 0 Å². The maximum Gasteiger partial charge on any atom is 0.480 e. The van der Waals surface area contributed by atoms with Crippen LogP contribution in [0.2, 0.25) is 0 Å². The first-order chi connectivity index (χ1) is 9.18. The minimum absolute atomic E-state index is 0.162. The van der Waals surface area contributed by atoms with Gasteiger partial charge in [-0.2, -0.15) is 0 Å². The molecule has 1 atom stereocenters. The van der Waals surface area contributed by atoms with Crippen molar-refractivity contribution in [1.29, 1.82) is 0 Å². The Morgan fingerprint density at radius 2 is 1.75 bits per heavy atom. The van der Waals surface area contributed by atoms with E-state index in [9.17, 15) is 4.39 Å². The molecule has 0 spiro atoms. The Morgan fingerprint density at radius 1 is 1.20 bits per heavy atom. The molecule has 0 radical (unpaired) electrons. The van der Waals surface area contributed by atoms with Gasteiger partial charge in [-0.05, 0) is 45.4 Å². The van der Waals surface area contributed by atoms with Gasteiger partial charge in [-0.3, -0.25) is 0 Å². The predicted molar refractivity (Wildman–Crippen MR) is 76.0 cm³/mol. The van der Waals surface area contributed by atoms with Crippen molar-refractivity contribution in [2.75, 3.05) is 7.11 Å². The second-order valence-corrected chi connectivity index (χ2v) is 6.04. The molecule has 1 heterocycles. The number of rotatable bonds is 3. The molecule has 1 aliphatic rings. The normalized spacial score (nSPS) is 21.9. The van der Waals surface area contributed by atoms with Crippen molar-refractivity contribution in [3.8, 4) is 5.75 Å². The summed E-state index contributed by atoms with van der Waals surface area (Å²) >= 11 is 0. The average molecular weight is 281 g/mol. The van der Waals surface area contributed by atoms with E-state index in [0.29, 0.717) is 5.56 Å². The molecule has 6 heteroatoms. The SMILES string of the molecule is COc1cc(C(N)B2OC(C)(C)C(C)(C)O2)ccc1F. The van der Waals surface area contributed by atoms with Gasteiger partial charge in [0.25, 0.3) is 0 Å². The van der Waals surface area contributed by atoms with E-state index in [1.54, 1.807) is 12.1 Å². The lowest BCUT2D eigenvalue weighted by Crippen LogP contribution is -2.41. The highest BCUT2D eigenvalue weighted by molar-refractivity contribution is 6.47. The minimum atomic E-state index is -0.574. The molecule has 110 valence electrons. The predicted octanol–water partition coefficient (Wildman–Crippen LogP) is 2.47. The van der Waals surface area contributed by atoms with Crippen LogP contribution in [0.5, 0.6) is 5.75 Å². The quantitative estimate of drug-likeness (QED) is 0.865. The molecule has 0 aliphatic carbocycles. The fourth-order valence-electron chi connectivity index (χ4n) is 2.08. The van der Waals surface area contributed by atoms with E-state index >= 15 is 0 Å². The van der Waals surface area contributed by atoms with E-state index in [1.165, 1.54) is 13.2 Å². The Kier molecular flexibility index (Phi) is 3.84. The molecule has 1 saturated heterocycles. The zero-order valence-electron chi connectivity index (χ0n) is 12.6. The molecule has 1 fully saturated rings. The van der Waals surface area contributed by atoms with Crippen molar-refractivity contribution in [3.63, 3.8) is 0 Å². The molecule has 2 rings (SSSR count). The lowest BCUT2D eigenvalue weighted by atomic mass is 9.75. The van der Waals surface area contributed by atoms with Crippen molar-refractivity contribution in [2.45, 2.75) is 44.8 Å². The maximum atomic E-state index is 13.4. The van der Waals surface area contributed by atoms with E-state index in [-0.39, 0.29) is 5.75 Å². The van der Waals surface area contributed by atoms with Gasteiger partial charge in [-0.25, -0.2) is 4.39 Å². The number of hydrogen-bond acceptors (Lipinski definition) is 4. The third-order valence-electron chi connectivity index (χ3n) is 4.12. The zero-order chi connectivity index (χ0) is 15.1. The summed E-state index contributed by atoms with van der Waals surface area (Å²) in [5.41, 5.74) is 6.01. The van der Waals surface area contributed by atoms with Gasteiger partial charge in [-0.15, -0.1) is 0 Å². The van der Waals surface area contributed by atoms with E-state index < -0.39 is 30.1 Å². The van der Waals surface area contributed by atoms with Crippen LogP contribution in [0.15, 0.2) is 18.2 Å².